The third-order valence-corrected chi connectivity index (χ3v) is 6.15. The van der Waals surface area contributed by atoms with Gasteiger partial charge in [-0.1, -0.05) is 26.7 Å². The van der Waals surface area contributed by atoms with E-state index in [0.29, 0.717) is 5.75 Å². The van der Waals surface area contributed by atoms with Gasteiger partial charge in [-0.3, -0.25) is 0 Å². The predicted molar refractivity (Wildman–Crippen MR) is 96.7 cm³/mol. The molecule has 0 amide bonds. The summed E-state index contributed by atoms with van der Waals surface area (Å²) in [6.07, 6.45) is 5.93. The molecule has 1 aromatic rings. The first kappa shape index (κ1) is 17.6. The highest BCUT2D eigenvalue weighted by Crippen LogP contribution is 2.55. The number of aliphatic hydroxyl groups is 1. The third kappa shape index (κ3) is 3.15. The van der Waals surface area contributed by atoms with Gasteiger partial charge in [0.25, 0.3) is 0 Å². The molecule has 3 nitrogen and oxygen atoms in total. The van der Waals surface area contributed by atoms with Gasteiger partial charge in [0.1, 0.15) is 17.1 Å². The SMILES string of the molecule is CCCCCc1cc(O)c2c(c1)OC(C)(C)[C@@H]1C[C@H](O)[C@H](C)C[C@@H]21. The lowest BCUT2D eigenvalue weighted by Crippen LogP contribution is -2.49. The molecule has 4 atom stereocenters. The van der Waals surface area contributed by atoms with Crippen molar-refractivity contribution in [2.24, 2.45) is 11.8 Å². The van der Waals surface area contributed by atoms with E-state index in [4.69, 9.17) is 4.74 Å². The monoisotopic (exact) mass is 332 g/mol. The van der Waals surface area contributed by atoms with Crippen LogP contribution in [-0.2, 0) is 6.42 Å². The van der Waals surface area contributed by atoms with Crippen LogP contribution in [0.1, 0.15) is 76.8 Å². The minimum Gasteiger partial charge on any atom is -0.508 e. The highest BCUT2D eigenvalue weighted by atomic mass is 16.5. The van der Waals surface area contributed by atoms with Crippen LogP contribution in [0, 0.1) is 11.8 Å². The Balaban J connectivity index is 1.95. The van der Waals surface area contributed by atoms with Crippen molar-refractivity contribution in [2.45, 2.75) is 83.8 Å². The van der Waals surface area contributed by atoms with Gasteiger partial charge in [-0.05, 0) is 69.1 Å². The van der Waals surface area contributed by atoms with Gasteiger partial charge < -0.3 is 14.9 Å². The van der Waals surface area contributed by atoms with Crippen molar-refractivity contribution >= 4 is 0 Å². The van der Waals surface area contributed by atoms with E-state index in [9.17, 15) is 10.2 Å². The van der Waals surface area contributed by atoms with Crippen LogP contribution in [0.3, 0.4) is 0 Å². The molecule has 0 aromatic heterocycles. The summed E-state index contributed by atoms with van der Waals surface area (Å²) in [4.78, 5) is 0. The van der Waals surface area contributed by atoms with Gasteiger partial charge in [0.05, 0.1) is 6.10 Å². The maximum absolute atomic E-state index is 10.7. The molecule has 0 saturated heterocycles. The molecule has 1 heterocycles. The van der Waals surface area contributed by atoms with E-state index in [2.05, 4.69) is 33.8 Å². The maximum atomic E-state index is 10.7. The minimum atomic E-state index is -0.312. The molecular formula is C21H32O3. The molecule has 3 rings (SSSR count). The molecule has 1 aliphatic carbocycles. The lowest BCUT2D eigenvalue weighted by Gasteiger charge is -2.50. The van der Waals surface area contributed by atoms with Crippen LogP contribution in [0.2, 0.25) is 0 Å². The molecule has 1 aromatic carbocycles. The largest absolute Gasteiger partial charge is 0.508 e. The van der Waals surface area contributed by atoms with Gasteiger partial charge in [0.2, 0.25) is 0 Å². The fourth-order valence-electron chi connectivity index (χ4n) is 4.67. The van der Waals surface area contributed by atoms with E-state index >= 15 is 0 Å². The fourth-order valence-corrected chi connectivity index (χ4v) is 4.67. The maximum Gasteiger partial charge on any atom is 0.127 e. The Hall–Kier alpha value is -1.22. The van der Waals surface area contributed by atoms with E-state index < -0.39 is 0 Å². The first-order valence-electron chi connectivity index (χ1n) is 9.56. The van der Waals surface area contributed by atoms with Crippen molar-refractivity contribution < 1.29 is 14.9 Å². The van der Waals surface area contributed by atoms with Crippen LogP contribution in [-0.4, -0.2) is 21.9 Å². The van der Waals surface area contributed by atoms with Gasteiger partial charge in [0.15, 0.2) is 0 Å². The molecule has 0 bridgehead atoms. The second kappa shape index (κ2) is 6.59. The van der Waals surface area contributed by atoms with Crippen molar-refractivity contribution in [1.29, 1.82) is 0 Å². The topological polar surface area (TPSA) is 49.7 Å². The number of hydrogen-bond donors (Lipinski definition) is 2. The number of phenolic OH excluding ortho intramolecular Hbond substituents is 1. The Bertz CT molecular complexity index is 593. The van der Waals surface area contributed by atoms with Gasteiger partial charge in [-0.15, -0.1) is 0 Å². The van der Waals surface area contributed by atoms with Crippen LogP contribution < -0.4 is 4.74 Å². The molecule has 0 radical (unpaired) electrons. The average molecular weight is 332 g/mol. The zero-order chi connectivity index (χ0) is 17.5. The molecule has 24 heavy (non-hydrogen) atoms. The summed E-state index contributed by atoms with van der Waals surface area (Å²) in [7, 11) is 0. The Morgan fingerprint density at radius 3 is 2.67 bits per heavy atom. The summed E-state index contributed by atoms with van der Waals surface area (Å²) in [5.41, 5.74) is 1.82. The first-order chi connectivity index (χ1) is 11.3. The van der Waals surface area contributed by atoms with Gasteiger partial charge in [0, 0.05) is 11.5 Å². The minimum absolute atomic E-state index is 0.244. The fraction of sp³-hybridized carbons (Fsp3) is 0.714. The van der Waals surface area contributed by atoms with Gasteiger partial charge in [-0.25, -0.2) is 0 Å². The number of benzene rings is 1. The molecule has 3 heteroatoms. The number of hydrogen-bond acceptors (Lipinski definition) is 3. The lowest BCUT2D eigenvalue weighted by molar-refractivity contribution is -0.0566. The molecule has 1 fully saturated rings. The molecule has 2 aliphatic rings. The molecule has 0 spiro atoms. The first-order valence-corrected chi connectivity index (χ1v) is 9.56. The quantitative estimate of drug-likeness (QED) is 0.780. The van der Waals surface area contributed by atoms with E-state index in [-0.39, 0.29) is 29.5 Å². The molecule has 1 saturated carbocycles. The standard InChI is InChI=1S/C21H32O3/c1-5-6-7-8-14-10-18(23)20-15-9-13(2)17(22)12-16(15)21(3,4)24-19(20)11-14/h10-11,13,15-17,22-23H,5-9,12H2,1-4H3/t13-,15-,16-,17+/m1/s1. The van der Waals surface area contributed by atoms with E-state index in [1.807, 2.05) is 6.07 Å². The zero-order valence-corrected chi connectivity index (χ0v) is 15.5. The Morgan fingerprint density at radius 1 is 1.21 bits per heavy atom. The van der Waals surface area contributed by atoms with E-state index in [0.717, 1.165) is 42.6 Å². The van der Waals surface area contributed by atoms with Crippen molar-refractivity contribution in [3.63, 3.8) is 0 Å². The molecule has 2 N–H and O–H groups in total. The van der Waals surface area contributed by atoms with Crippen molar-refractivity contribution in [2.75, 3.05) is 0 Å². The number of aryl methyl sites for hydroxylation is 1. The normalized spacial score (nSPS) is 31.0. The summed E-state index contributed by atoms with van der Waals surface area (Å²) < 4.78 is 6.33. The molecule has 1 aliphatic heterocycles. The number of aromatic hydroxyl groups is 1. The average Bonchev–Trinajstić information content (AvgIpc) is 2.49. The number of phenols is 1. The van der Waals surface area contributed by atoms with Crippen LogP contribution in [0.15, 0.2) is 12.1 Å². The zero-order valence-electron chi connectivity index (χ0n) is 15.5. The van der Waals surface area contributed by atoms with E-state index in [1.54, 1.807) is 0 Å². The van der Waals surface area contributed by atoms with Crippen LogP contribution >= 0.6 is 0 Å². The smallest absolute Gasteiger partial charge is 0.127 e. The summed E-state index contributed by atoms with van der Waals surface area (Å²) in [5, 5.41) is 21.0. The Kier molecular flexibility index (Phi) is 4.83. The summed E-state index contributed by atoms with van der Waals surface area (Å²) in [6.45, 7) is 8.56. The van der Waals surface area contributed by atoms with E-state index in [1.165, 1.54) is 12.8 Å². The summed E-state index contributed by atoms with van der Waals surface area (Å²) in [5.74, 6) is 2.01. The number of aliphatic hydroxyl groups excluding tert-OH is 1. The van der Waals surface area contributed by atoms with Crippen LogP contribution in [0.25, 0.3) is 0 Å². The predicted octanol–water partition coefficient (Wildman–Crippen LogP) is 4.79. The van der Waals surface area contributed by atoms with Crippen LogP contribution in [0.4, 0.5) is 0 Å². The number of rotatable bonds is 4. The highest BCUT2D eigenvalue weighted by molar-refractivity contribution is 5.52. The lowest BCUT2D eigenvalue weighted by atomic mass is 9.63. The number of unbranched alkanes of at least 4 members (excludes halogenated alkanes) is 2. The highest BCUT2D eigenvalue weighted by Gasteiger charge is 2.49. The number of fused-ring (bicyclic) bond motifs is 3. The second-order valence-electron chi connectivity index (χ2n) is 8.42. The third-order valence-electron chi connectivity index (χ3n) is 6.15. The Morgan fingerprint density at radius 2 is 1.96 bits per heavy atom. The second-order valence-corrected chi connectivity index (χ2v) is 8.42. The van der Waals surface area contributed by atoms with Crippen molar-refractivity contribution in [1.82, 2.24) is 0 Å². The van der Waals surface area contributed by atoms with Crippen molar-refractivity contribution in [3.05, 3.63) is 23.3 Å². The molecular weight excluding hydrogens is 300 g/mol. The molecule has 0 unspecified atom stereocenters. The number of ether oxygens (including phenoxy) is 1. The van der Waals surface area contributed by atoms with Gasteiger partial charge >= 0.3 is 0 Å². The summed E-state index contributed by atoms with van der Waals surface area (Å²) >= 11 is 0. The van der Waals surface area contributed by atoms with Crippen molar-refractivity contribution in [3.8, 4) is 11.5 Å². The summed E-state index contributed by atoms with van der Waals surface area (Å²) in [6, 6.07) is 4.07. The van der Waals surface area contributed by atoms with Gasteiger partial charge in [-0.2, -0.15) is 0 Å². The molecule has 134 valence electrons. The Labute approximate surface area is 146 Å². The van der Waals surface area contributed by atoms with Crippen LogP contribution in [0.5, 0.6) is 11.5 Å².